The maximum Gasteiger partial charge on any atom is 0.249 e. The van der Waals surface area contributed by atoms with Gasteiger partial charge in [-0.3, -0.25) is 19.7 Å². The van der Waals surface area contributed by atoms with Crippen molar-refractivity contribution in [2.75, 3.05) is 6.54 Å². The fourth-order valence-electron chi connectivity index (χ4n) is 1.74. The summed E-state index contributed by atoms with van der Waals surface area (Å²) in [6, 6.07) is -0.588. The van der Waals surface area contributed by atoms with E-state index in [9.17, 15) is 14.4 Å². The first-order valence-corrected chi connectivity index (χ1v) is 5.90. The molecule has 0 aromatic rings. The lowest BCUT2D eigenvalue weighted by atomic mass is 10.0. The Morgan fingerprint density at radius 3 is 2.82 bits per heavy atom. The minimum atomic E-state index is -0.588. The van der Waals surface area contributed by atoms with Gasteiger partial charge in [-0.15, -0.1) is 0 Å². The number of carbonyl (C=O) groups excluding carboxylic acids is 3. The summed E-state index contributed by atoms with van der Waals surface area (Å²) in [7, 11) is 0. The van der Waals surface area contributed by atoms with E-state index in [0.29, 0.717) is 19.4 Å². The Balaban J connectivity index is 2.40. The van der Waals surface area contributed by atoms with Crippen molar-refractivity contribution in [2.45, 2.75) is 38.6 Å². The molecule has 96 valence electrons. The Kier molecular flexibility index (Phi) is 5.09. The van der Waals surface area contributed by atoms with Crippen molar-refractivity contribution >= 4 is 17.7 Å². The second kappa shape index (κ2) is 6.34. The van der Waals surface area contributed by atoms with Gasteiger partial charge in [0.25, 0.3) is 0 Å². The van der Waals surface area contributed by atoms with Gasteiger partial charge >= 0.3 is 0 Å². The summed E-state index contributed by atoms with van der Waals surface area (Å²) in [6.07, 6.45) is 1.80. The van der Waals surface area contributed by atoms with Crippen LogP contribution in [0.5, 0.6) is 0 Å². The van der Waals surface area contributed by atoms with Crippen molar-refractivity contribution in [3.05, 3.63) is 0 Å². The molecule has 6 nitrogen and oxygen atoms in total. The van der Waals surface area contributed by atoms with Crippen LogP contribution >= 0.6 is 0 Å². The number of amides is 3. The van der Waals surface area contributed by atoms with Crippen LogP contribution in [0.3, 0.4) is 0 Å². The van der Waals surface area contributed by atoms with E-state index in [4.69, 9.17) is 5.73 Å². The van der Waals surface area contributed by atoms with Gasteiger partial charge in [-0.2, -0.15) is 0 Å². The Morgan fingerprint density at radius 1 is 1.59 bits per heavy atom. The zero-order chi connectivity index (χ0) is 12.8. The van der Waals surface area contributed by atoms with Gasteiger partial charge in [0, 0.05) is 12.8 Å². The third kappa shape index (κ3) is 4.14. The van der Waals surface area contributed by atoms with Crippen molar-refractivity contribution in [3.63, 3.8) is 0 Å². The summed E-state index contributed by atoms with van der Waals surface area (Å²) in [6.45, 7) is 2.43. The molecule has 1 aliphatic rings. The van der Waals surface area contributed by atoms with Crippen molar-refractivity contribution in [1.82, 2.24) is 10.6 Å². The minimum Gasteiger partial charge on any atom is -0.344 e. The number of imide groups is 1. The van der Waals surface area contributed by atoms with Crippen LogP contribution in [0.15, 0.2) is 0 Å². The zero-order valence-electron chi connectivity index (χ0n) is 9.99. The molecule has 1 fully saturated rings. The molecule has 0 radical (unpaired) electrons. The number of piperidine rings is 1. The van der Waals surface area contributed by atoms with Gasteiger partial charge in [-0.05, 0) is 18.9 Å². The van der Waals surface area contributed by atoms with Crippen LogP contribution < -0.4 is 16.4 Å². The minimum absolute atomic E-state index is 0.142. The zero-order valence-corrected chi connectivity index (χ0v) is 9.99. The van der Waals surface area contributed by atoms with Gasteiger partial charge in [0.05, 0.1) is 0 Å². The second-order valence-corrected chi connectivity index (χ2v) is 4.29. The molecule has 0 aromatic carbocycles. The highest BCUT2D eigenvalue weighted by atomic mass is 16.2. The van der Waals surface area contributed by atoms with E-state index in [1.807, 2.05) is 6.92 Å². The summed E-state index contributed by atoms with van der Waals surface area (Å²) in [4.78, 5) is 33.9. The lowest BCUT2D eigenvalue weighted by molar-refractivity contribution is -0.137. The second-order valence-electron chi connectivity index (χ2n) is 4.29. The highest BCUT2D eigenvalue weighted by molar-refractivity contribution is 6.01. The average molecular weight is 241 g/mol. The van der Waals surface area contributed by atoms with Crippen LogP contribution in [0.4, 0.5) is 0 Å². The molecule has 0 aromatic heterocycles. The van der Waals surface area contributed by atoms with Gasteiger partial charge in [0.15, 0.2) is 0 Å². The molecular weight excluding hydrogens is 222 g/mol. The Hall–Kier alpha value is -1.43. The maximum absolute atomic E-state index is 11.6. The van der Waals surface area contributed by atoms with Gasteiger partial charge in [0.1, 0.15) is 6.04 Å². The van der Waals surface area contributed by atoms with Gasteiger partial charge in [-0.25, -0.2) is 0 Å². The maximum atomic E-state index is 11.6. The molecule has 1 aliphatic heterocycles. The van der Waals surface area contributed by atoms with Gasteiger partial charge in [0.2, 0.25) is 17.7 Å². The molecule has 2 atom stereocenters. The molecule has 1 saturated heterocycles. The molecule has 4 N–H and O–H groups in total. The topological polar surface area (TPSA) is 101 Å². The van der Waals surface area contributed by atoms with E-state index in [2.05, 4.69) is 10.6 Å². The van der Waals surface area contributed by atoms with Crippen LogP contribution in [0.25, 0.3) is 0 Å². The number of nitrogens with two attached hydrogens (primary N) is 1. The van der Waals surface area contributed by atoms with Gasteiger partial charge in [-0.1, -0.05) is 13.3 Å². The van der Waals surface area contributed by atoms with E-state index < -0.39 is 11.9 Å². The van der Waals surface area contributed by atoms with E-state index >= 15 is 0 Å². The molecule has 1 rings (SSSR count). The molecule has 1 heterocycles. The first kappa shape index (κ1) is 13.6. The van der Waals surface area contributed by atoms with Crippen LogP contribution in [0.1, 0.15) is 32.6 Å². The van der Waals surface area contributed by atoms with Crippen LogP contribution in [0.2, 0.25) is 0 Å². The Morgan fingerprint density at radius 2 is 2.29 bits per heavy atom. The van der Waals surface area contributed by atoms with Crippen LogP contribution in [-0.2, 0) is 14.4 Å². The first-order chi connectivity index (χ1) is 8.06. The molecule has 0 spiro atoms. The summed E-state index contributed by atoms with van der Waals surface area (Å²) >= 11 is 0. The predicted octanol–water partition coefficient (Wildman–Crippen LogP) is -0.717. The molecule has 0 saturated carbocycles. The number of carbonyl (C=O) groups is 3. The van der Waals surface area contributed by atoms with Crippen molar-refractivity contribution < 1.29 is 14.4 Å². The molecule has 17 heavy (non-hydrogen) atoms. The first-order valence-electron chi connectivity index (χ1n) is 5.90. The van der Waals surface area contributed by atoms with Gasteiger partial charge < -0.3 is 11.1 Å². The Labute approximate surface area is 100 Å². The number of hydrogen-bond acceptors (Lipinski definition) is 4. The SMILES string of the molecule is CCC(CN)CC(=O)NC1CCC(=O)NC1=O. The van der Waals surface area contributed by atoms with E-state index in [0.717, 1.165) is 6.42 Å². The normalized spacial score (nSPS) is 21.9. The standard InChI is InChI=1S/C11H19N3O3/c1-2-7(6-12)5-10(16)13-8-3-4-9(15)14-11(8)17/h7-8H,2-6,12H2,1H3,(H,13,16)(H,14,15,17). The molecule has 6 heteroatoms. The number of nitrogens with one attached hydrogen (secondary N) is 2. The highest BCUT2D eigenvalue weighted by Gasteiger charge is 2.27. The molecular formula is C11H19N3O3. The third-order valence-corrected chi connectivity index (χ3v) is 2.96. The third-order valence-electron chi connectivity index (χ3n) is 2.96. The molecule has 0 aliphatic carbocycles. The van der Waals surface area contributed by atoms with Crippen LogP contribution in [-0.4, -0.2) is 30.3 Å². The van der Waals surface area contributed by atoms with E-state index in [1.54, 1.807) is 0 Å². The molecule has 2 unspecified atom stereocenters. The quantitative estimate of drug-likeness (QED) is 0.553. The van der Waals surface area contributed by atoms with E-state index in [-0.39, 0.29) is 24.2 Å². The van der Waals surface area contributed by atoms with Crippen molar-refractivity contribution in [3.8, 4) is 0 Å². The van der Waals surface area contributed by atoms with E-state index in [1.165, 1.54) is 0 Å². The lowest BCUT2D eigenvalue weighted by Crippen LogP contribution is -2.52. The average Bonchev–Trinajstić information content (AvgIpc) is 2.29. The number of rotatable bonds is 5. The largest absolute Gasteiger partial charge is 0.344 e. The predicted molar refractivity (Wildman–Crippen MR) is 61.8 cm³/mol. The smallest absolute Gasteiger partial charge is 0.249 e. The lowest BCUT2D eigenvalue weighted by Gasteiger charge is -2.22. The summed E-state index contributed by atoms with van der Waals surface area (Å²) in [5, 5.41) is 4.83. The van der Waals surface area contributed by atoms with Crippen molar-refractivity contribution in [2.24, 2.45) is 11.7 Å². The van der Waals surface area contributed by atoms with Crippen molar-refractivity contribution in [1.29, 1.82) is 0 Å². The molecule has 3 amide bonds. The Bertz CT molecular complexity index is 313. The fourth-order valence-corrected chi connectivity index (χ4v) is 1.74. The summed E-state index contributed by atoms with van der Waals surface area (Å²) in [5.74, 6) is -0.746. The summed E-state index contributed by atoms with van der Waals surface area (Å²) < 4.78 is 0. The van der Waals surface area contributed by atoms with Crippen LogP contribution in [0, 0.1) is 5.92 Å². The molecule has 0 bridgehead atoms. The highest BCUT2D eigenvalue weighted by Crippen LogP contribution is 2.08. The fraction of sp³-hybridized carbons (Fsp3) is 0.727. The summed E-state index contributed by atoms with van der Waals surface area (Å²) in [5.41, 5.74) is 5.51. The number of hydrogen-bond donors (Lipinski definition) is 3. The monoisotopic (exact) mass is 241 g/mol.